The number of unbranched alkanes of at least 4 members (excludes halogenated alkanes) is 2. The first-order chi connectivity index (χ1) is 9.44. The van der Waals surface area contributed by atoms with E-state index in [2.05, 4.69) is 19.8 Å². The molecule has 2 heterocycles. The Morgan fingerprint density at radius 1 is 1.45 bits per heavy atom. The molecule has 0 saturated heterocycles. The molecule has 0 atom stereocenters. The third-order valence-electron chi connectivity index (χ3n) is 2.61. The van der Waals surface area contributed by atoms with Crippen LogP contribution in [0.5, 0.6) is 5.88 Å². The first kappa shape index (κ1) is 14.5. The van der Waals surface area contributed by atoms with Crippen LogP contribution in [0.25, 0.3) is 5.78 Å². The zero-order chi connectivity index (χ0) is 14.8. The smallest absolute Gasteiger partial charge is 0.284 e. The van der Waals surface area contributed by atoms with Gasteiger partial charge in [-0.05, 0) is 6.42 Å². The standard InChI is InChI=1S/C10H15N5O4S/c1-2-3-4-5-11-20(18,19)10-13-9-12-7(16)6-8(17)15(9)14-10/h6,11,17H,2-5H2,1H3,(H,12,13,14,16). The van der Waals surface area contributed by atoms with Crippen molar-refractivity contribution >= 4 is 15.8 Å². The van der Waals surface area contributed by atoms with Crippen LogP contribution in [-0.4, -0.2) is 39.7 Å². The van der Waals surface area contributed by atoms with Crippen molar-refractivity contribution in [2.45, 2.75) is 31.3 Å². The van der Waals surface area contributed by atoms with Crippen LogP contribution in [0.1, 0.15) is 26.2 Å². The van der Waals surface area contributed by atoms with Gasteiger partial charge in [0.05, 0.1) is 6.07 Å². The third-order valence-corrected chi connectivity index (χ3v) is 3.85. The van der Waals surface area contributed by atoms with Crippen LogP contribution in [0.4, 0.5) is 0 Å². The van der Waals surface area contributed by atoms with Gasteiger partial charge in [-0.25, -0.2) is 13.1 Å². The monoisotopic (exact) mass is 301 g/mol. The van der Waals surface area contributed by atoms with Crippen molar-refractivity contribution in [3.63, 3.8) is 0 Å². The summed E-state index contributed by atoms with van der Waals surface area (Å²) >= 11 is 0. The lowest BCUT2D eigenvalue weighted by atomic mass is 10.3. The molecule has 0 radical (unpaired) electrons. The molecule has 0 aliphatic rings. The molecule has 10 heteroatoms. The van der Waals surface area contributed by atoms with Gasteiger partial charge < -0.3 is 5.11 Å². The molecule has 20 heavy (non-hydrogen) atoms. The number of aromatic nitrogens is 4. The van der Waals surface area contributed by atoms with E-state index in [-0.39, 0.29) is 12.3 Å². The molecule has 2 aromatic rings. The lowest BCUT2D eigenvalue weighted by molar-refractivity contribution is 0.432. The molecule has 0 aromatic carbocycles. The van der Waals surface area contributed by atoms with Crippen LogP contribution in [0.3, 0.4) is 0 Å². The first-order valence-corrected chi connectivity index (χ1v) is 7.61. The number of nitrogens with one attached hydrogen (secondary N) is 2. The van der Waals surface area contributed by atoms with Crippen molar-refractivity contribution in [3.05, 3.63) is 16.4 Å². The van der Waals surface area contributed by atoms with Gasteiger partial charge in [-0.3, -0.25) is 9.78 Å². The fourth-order valence-electron chi connectivity index (χ4n) is 1.62. The Morgan fingerprint density at radius 2 is 2.20 bits per heavy atom. The van der Waals surface area contributed by atoms with E-state index in [0.717, 1.165) is 23.4 Å². The lowest BCUT2D eigenvalue weighted by Crippen LogP contribution is -2.25. The molecule has 0 amide bonds. The summed E-state index contributed by atoms with van der Waals surface area (Å²) in [6.07, 6.45) is 2.60. The molecule has 0 aliphatic carbocycles. The molecular weight excluding hydrogens is 286 g/mol. The summed E-state index contributed by atoms with van der Waals surface area (Å²) in [5.41, 5.74) is -0.595. The SMILES string of the molecule is CCCCCNS(=O)(=O)c1nc2[nH]c(=O)cc(O)n2n1. The predicted molar refractivity (Wildman–Crippen MR) is 70.0 cm³/mol. The Kier molecular flexibility index (Phi) is 4.04. The van der Waals surface area contributed by atoms with E-state index in [1.165, 1.54) is 0 Å². The fourth-order valence-corrected chi connectivity index (χ4v) is 2.56. The normalized spacial score (nSPS) is 12.1. The molecule has 9 nitrogen and oxygen atoms in total. The number of hydrogen-bond donors (Lipinski definition) is 3. The van der Waals surface area contributed by atoms with Crippen molar-refractivity contribution in [2.24, 2.45) is 0 Å². The van der Waals surface area contributed by atoms with Crippen LogP contribution in [0.15, 0.2) is 16.0 Å². The van der Waals surface area contributed by atoms with Crippen LogP contribution in [-0.2, 0) is 10.0 Å². The highest BCUT2D eigenvalue weighted by atomic mass is 32.2. The van der Waals surface area contributed by atoms with Gasteiger partial charge in [0.1, 0.15) is 0 Å². The number of hydrogen-bond acceptors (Lipinski definition) is 6. The maximum Gasteiger partial charge on any atom is 0.284 e. The number of fused-ring (bicyclic) bond motifs is 1. The van der Waals surface area contributed by atoms with E-state index < -0.39 is 26.6 Å². The predicted octanol–water partition coefficient (Wildman–Crippen LogP) is -0.408. The largest absolute Gasteiger partial charge is 0.493 e. The Balaban J connectivity index is 2.28. The van der Waals surface area contributed by atoms with Crippen LogP contribution in [0, 0.1) is 0 Å². The molecule has 0 spiro atoms. The Bertz CT molecular complexity index is 764. The molecule has 110 valence electrons. The highest BCUT2D eigenvalue weighted by Crippen LogP contribution is 2.09. The van der Waals surface area contributed by atoms with E-state index in [0.29, 0.717) is 6.42 Å². The summed E-state index contributed by atoms with van der Waals surface area (Å²) in [6, 6.07) is 0.882. The zero-order valence-corrected chi connectivity index (χ0v) is 11.6. The van der Waals surface area contributed by atoms with Gasteiger partial charge in [-0.1, -0.05) is 19.8 Å². The summed E-state index contributed by atoms with van der Waals surface area (Å²) in [7, 11) is -3.86. The molecular formula is C10H15N5O4S. The summed E-state index contributed by atoms with van der Waals surface area (Å²) in [6.45, 7) is 2.30. The van der Waals surface area contributed by atoms with Gasteiger partial charge in [0, 0.05) is 6.54 Å². The average Bonchev–Trinajstić information content (AvgIpc) is 2.79. The molecule has 2 rings (SSSR count). The Morgan fingerprint density at radius 3 is 2.90 bits per heavy atom. The summed E-state index contributed by atoms with van der Waals surface area (Å²) in [5.74, 6) is -0.618. The van der Waals surface area contributed by atoms with Crippen molar-refractivity contribution in [1.29, 1.82) is 0 Å². The second-order valence-corrected chi connectivity index (χ2v) is 5.89. The highest BCUT2D eigenvalue weighted by molar-refractivity contribution is 7.89. The van der Waals surface area contributed by atoms with Gasteiger partial charge in [0.15, 0.2) is 0 Å². The quantitative estimate of drug-likeness (QED) is 0.622. The van der Waals surface area contributed by atoms with E-state index in [9.17, 15) is 18.3 Å². The molecule has 0 unspecified atom stereocenters. The average molecular weight is 301 g/mol. The van der Waals surface area contributed by atoms with E-state index in [4.69, 9.17) is 0 Å². The van der Waals surface area contributed by atoms with E-state index in [1.807, 2.05) is 6.92 Å². The van der Waals surface area contributed by atoms with Crippen molar-refractivity contribution < 1.29 is 13.5 Å². The fraction of sp³-hybridized carbons (Fsp3) is 0.500. The van der Waals surface area contributed by atoms with Gasteiger partial charge in [-0.15, -0.1) is 5.10 Å². The maximum atomic E-state index is 11.9. The minimum atomic E-state index is -3.86. The minimum absolute atomic E-state index is 0.135. The number of sulfonamides is 1. The molecule has 0 bridgehead atoms. The molecule has 0 aliphatic heterocycles. The minimum Gasteiger partial charge on any atom is -0.493 e. The second-order valence-electron chi connectivity index (χ2n) is 4.23. The number of nitrogens with zero attached hydrogens (tertiary/aromatic N) is 3. The number of aromatic hydroxyl groups is 1. The van der Waals surface area contributed by atoms with Crippen LogP contribution in [0.2, 0.25) is 0 Å². The number of H-pyrrole nitrogens is 1. The maximum absolute atomic E-state index is 11.9. The van der Waals surface area contributed by atoms with Gasteiger partial charge in [0.25, 0.3) is 20.7 Å². The van der Waals surface area contributed by atoms with Crippen LogP contribution < -0.4 is 10.3 Å². The summed E-state index contributed by atoms with van der Waals surface area (Å²) in [4.78, 5) is 17.1. The molecule has 2 aromatic heterocycles. The second kappa shape index (κ2) is 5.59. The zero-order valence-electron chi connectivity index (χ0n) is 10.8. The Hall–Kier alpha value is -1.94. The first-order valence-electron chi connectivity index (χ1n) is 6.13. The highest BCUT2D eigenvalue weighted by Gasteiger charge is 2.21. The number of aromatic amines is 1. The van der Waals surface area contributed by atoms with Gasteiger partial charge in [0.2, 0.25) is 11.7 Å². The van der Waals surface area contributed by atoms with Crippen molar-refractivity contribution in [3.8, 4) is 5.88 Å². The van der Waals surface area contributed by atoms with Crippen LogP contribution >= 0.6 is 0 Å². The summed E-state index contributed by atoms with van der Waals surface area (Å²) in [5, 5.41) is 12.7. The topological polar surface area (TPSA) is 129 Å². The van der Waals surface area contributed by atoms with Crippen molar-refractivity contribution in [1.82, 2.24) is 24.3 Å². The van der Waals surface area contributed by atoms with Gasteiger partial charge in [-0.2, -0.15) is 9.50 Å². The van der Waals surface area contributed by atoms with E-state index in [1.54, 1.807) is 0 Å². The van der Waals surface area contributed by atoms with E-state index >= 15 is 0 Å². The molecule has 0 fully saturated rings. The lowest BCUT2D eigenvalue weighted by Gasteiger charge is -2.01. The molecule has 0 saturated carbocycles. The van der Waals surface area contributed by atoms with Gasteiger partial charge >= 0.3 is 0 Å². The third kappa shape index (κ3) is 2.96. The van der Waals surface area contributed by atoms with Crippen molar-refractivity contribution in [2.75, 3.05) is 6.54 Å². The molecule has 3 N–H and O–H groups in total. The summed E-state index contributed by atoms with van der Waals surface area (Å²) < 4.78 is 27.1. The Labute approximate surface area is 114 Å². The number of rotatable bonds is 6.